The number of methoxy groups -OCH3 is 1. The van der Waals surface area contributed by atoms with Crippen molar-refractivity contribution in [2.45, 2.75) is 25.5 Å². The third-order valence-corrected chi connectivity index (χ3v) is 4.99. The minimum Gasteiger partial charge on any atom is -0.496 e. The van der Waals surface area contributed by atoms with E-state index in [0.717, 1.165) is 23.1 Å². The van der Waals surface area contributed by atoms with Crippen LogP contribution >= 0.6 is 0 Å². The lowest BCUT2D eigenvalue weighted by Gasteiger charge is -2.17. The second kappa shape index (κ2) is 10.0. The molecule has 156 valence electrons. The summed E-state index contributed by atoms with van der Waals surface area (Å²) < 4.78 is 5.21. The van der Waals surface area contributed by atoms with Crippen molar-refractivity contribution in [2.75, 3.05) is 13.7 Å². The Labute approximate surface area is 176 Å². The predicted octanol–water partition coefficient (Wildman–Crippen LogP) is 3.71. The molecule has 1 aromatic heterocycles. The number of carboxylic acid groups (broad SMARTS) is 1. The molecule has 3 N–H and O–H groups in total. The van der Waals surface area contributed by atoms with E-state index in [0.29, 0.717) is 12.3 Å². The molecule has 0 radical (unpaired) electrons. The third kappa shape index (κ3) is 5.43. The van der Waals surface area contributed by atoms with E-state index in [9.17, 15) is 15.0 Å². The highest BCUT2D eigenvalue weighted by Crippen LogP contribution is 2.27. The molecule has 6 heteroatoms. The van der Waals surface area contributed by atoms with E-state index in [1.165, 1.54) is 12.7 Å². The van der Waals surface area contributed by atoms with Gasteiger partial charge in [0.25, 0.3) is 0 Å². The van der Waals surface area contributed by atoms with Crippen LogP contribution in [-0.2, 0) is 6.42 Å². The number of hydrogen-bond acceptors (Lipinski definition) is 5. The lowest BCUT2D eigenvalue weighted by molar-refractivity contribution is 0.0693. The Morgan fingerprint density at radius 3 is 2.50 bits per heavy atom. The quantitative estimate of drug-likeness (QED) is 0.502. The first-order valence-electron chi connectivity index (χ1n) is 9.80. The number of carbonyl (C=O) groups is 1. The molecule has 0 aliphatic heterocycles. The molecule has 0 unspecified atom stereocenters. The van der Waals surface area contributed by atoms with E-state index < -0.39 is 12.1 Å². The zero-order valence-electron chi connectivity index (χ0n) is 17.1. The lowest BCUT2D eigenvalue weighted by Crippen LogP contribution is -2.32. The van der Waals surface area contributed by atoms with Crippen molar-refractivity contribution < 1.29 is 19.7 Å². The number of aliphatic hydroxyl groups is 1. The van der Waals surface area contributed by atoms with Crippen molar-refractivity contribution in [3.05, 3.63) is 83.7 Å². The van der Waals surface area contributed by atoms with Gasteiger partial charge in [0.05, 0.1) is 13.2 Å². The van der Waals surface area contributed by atoms with Gasteiger partial charge < -0.3 is 20.3 Å². The fraction of sp³-hybridized carbons (Fsp3) is 0.250. The van der Waals surface area contributed by atoms with E-state index in [1.807, 2.05) is 24.3 Å². The number of ether oxygens (including phenoxy) is 1. The van der Waals surface area contributed by atoms with Crippen molar-refractivity contribution in [1.82, 2.24) is 10.3 Å². The van der Waals surface area contributed by atoms with E-state index in [2.05, 4.69) is 29.4 Å². The number of nitrogens with one attached hydrogen (secondary N) is 1. The van der Waals surface area contributed by atoms with Crippen LogP contribution in [0.15, 0.2) is 67.0 Å². The number of aromatic carboxylic acids is 1. The molecule has 3 rings (SSSR count). The first-order chi connectivity index (χ1) is 14.5. The van der Waals surface area contributed by atoms with Crippen LogP contribution in [0.5, 0.6) is 5.75 Å². The van der Waals surface area contributed by atoms with Gasteiger partial charge in [-0.2, -0.15) is 0 Å². The highest BCUT2D eigenvalue weighted by molar-refractivity contribution is 5.92. The van der Waals surface area contributed by atoms with Crippen LogP contribution in [0.1, 0.15) is 34.5 Å². The number of aromatic nitrogens is 1. The molecule has 30 heavy (non-hydrogen) atoms. The summed E-state index contributed by atoms with van der Waals surface area (Å²) in [6, 6.07) is 17.1. The van der Waals surface area contributed by atoms with E-state index in [1.54, 1.807) is 30.6 Å². The van der Waals surface area contributed by atoms with Gasteiger partial charge >= 0.3 is 5.97 Å². The molecule has 3 aromatic rings. The van der Waals surface area contributed by atoms with Crippen molar-refractivity contribution in [3.63, 3.8) is 0 Å². The fourth-order valence-corrected chi connectivity index (χ4v) is 3.31. The fourth-order valence-electron chi connectivity index (χ4n) is 3.31. The maximum absolute atomic E-state index is 11.2. The van der Waals surface area contributed by atoms with Gasteiger partial charge in [0, 0.05) is 30.5 Å². The Morgan fingerprint density at radius 1 is 1.13 bits per heavy atom. The highest BCUT2D eigenvalue weighted by atomic mass is 16.5. The van der Waals surface area contributed by atoms with Gasteiger partial charge in [0.15, 0.2) is 0 Å². The number of pyridine rings is 1. The molecule has 0 saturated carbocycles. The van der Waals surface area contributed by atoms with Gasteiger partial charge in [-0.05, 0) is 48.2 Å². The number of aliphatic hydroxyl groups excluding tert-OH is 1. The summed E-state index contributed by atoms with van der Waals surface area (Å²) >= 11 is 0. The molecule has 0 amide bonds. The summed E-state index contributed by atoms with van der Waals surface area (Å²) in [5.41, 5.74) is 4.00. The van der Waals surface area contributed by atoms with Crippen LogP contribution in [0.4, 0.5) is 0 Å². The van der Waals surface area contributed by atoms with Crippen molar-refractivity contribution >= 4 is 5.97 Å². The monoisotopic (exact) mass is 406 g/mol. The van der Waals surface area contributed by atoms with Crippen LogP contribution < -0.4 is 10.1 Å². The number of nitrogens with zero attached hydrogens (tertiary/aromatic N) is 1. The van der Waals surface area contributed by atoms with Crippen LogP contribution in [0.3, 0.4) is 0 Å². The van der Waals surface area contributed by atoms with Crippen molar-refractivity contribution in [3.8, 4) is 16.9 Å². The molecule has 2 aromatic carbocycles. The highest BCUT2D eigenvalue weighted by Gasteiger charge is 2.13. The molecule has 0 aliphatic carbocycles. The maximum atomic E-state index is 11.2. The van der Waals surface area contributed by atoms with Crippen molar-refractivity contribution in [2.24, 2.45) is 0 Å². The molecule has 0 bridgehead atoms. The van der Waals surface area contributed by atoms with Gasteiger partial charge in [-0.3, -0.25) is 4.98 Å². The van der Waals surface area contributed by atoms with Gasteiger partial charge in [-0.25, -0.2) is 4.79 Å². The molecule has 0 saturated heterocycles. The summed E-state index contributed by atoms with van der Waals surface area (Å²) in [7, 11) is 1.47. The van der Waals surface area contributed by atoms with Gasteiger partial charge in [-0.15, -0.1) is 0 Å². The minimum atomic E-state index is -1.01. The Balaban J connectivity index is 1.60. The number of benzene rings is 2. The van der Waals surface area contributed by atoms with Gasteiger partial charge in [-0.1, -0.05) is 36.4 Å². The Hall–Kier alpha value is -3.22. The van der Waals surface area contributed by atoms with Crippen LogP contribution in [-0.4, -0.2) is 40.9 Å². The topological polar surface area (TPSA) is 91.7 Å². The predicted molar refractivity (Wildman–Crippen MR) is 116 cm³/mol. The summed E-state index contributed by atoms with van der Waals surface area (Å²) in [6.07, 6.45) is 3.59. The average Bonchev–Trinajstić information content (AvgIpc) is 2.78. The van der Waals surface area contributed by atoms with Gasteiger partial charge in [0.2, 0.25) is 0 Å². The van der Waals surface area contributed by atoms with Crippen LogP contribution in [0.25, 0.3) is 11.1 Å². The smallest absolute Gasteiger partial charge is 0.339 e. The first-order valence-corrected chi connectivity index (χ1v) is 9.80. The molecule has 2 atom stereocenters. The zero-order chi connectivity index (χ0) is 21.5. The molecule has 0 fully saturated rings. The Kier molecular flexibility index (Phi) is 7.17. The minimum absolute atomic E-state index is 0.145. The normalized spacial score (nSPS) is 12.9. The van der Waals surface area contributed by atoms with Crippen LogP contribution in [0.2, 0.25) is 0 Å². The maximum Gasteiger partial charge on any atom is 0.339 e. The van der Waals surface area contributed by atoms with Crippen molar-refractivity contribution in [1.29, 1.82) is 0 Å². The first kappa shape index (κ1) is 21.5. The molecule has 0 spiro atoms. The van der Waals surface area contributed by atoms with Crippen LogP contribution in [0, 0.1) is 0 Å². The van der Waals surface area contributed by atoms with E-state index in [4.69, 9.17) is 4.74 Å². The second-order valence-electron chi connectivity index (χ2n) is 7.23. The lowest BCUT2D eigenvalue weighted by atomic mass is 9.99. The third-order valence-electron chi connectivity index (χ3n) is 4.99. The summed E-state index contributed by atoms with van der Waals surface area (Å²) in [4.78, 5) is 15.3. The largest absolute Gasteiger partial charge is 0.496 e. The SMILES string of the molecule is COc1cc(-c2ccc(C[C@@H](C)NC[C@@H](O)c3cccnc3)cc2)ccc1C(=O)O. The van der Waals surface area contributed by atoms with E-state index in [-0.39, 0.29) is 11.6 Å². The standard InChI is InChI=1S/C24H26N2O4/c1-16(26-15-22(27)20-4-3-11-25-14-20)12-17-5-7-18(8-6-17)19-9-10-21(24(28)29)23(13-19)30-2/h3-11,13-14,16,22,26-27H,12,15H2,1-2H3,(H,28,29)/t16-,22-/m1/s1. The zero-order valence-corrected chi connectivity index (χ0v) is 17.1. The van der Waals surface area contributed by atoms with Gasteiger partial charge in [0.1, 0.15) is 11.3 Å². The molecular formula is C24H26N2O4. The number of hydrogen-bond donors (Lipinski definition) is 3. The van der Waals surface area contributed by atoms with E-state index >= 15 is 0 Å². The second-order valence-corrected chi connectivity index (χ2v) is 7.23. The Bertz CT molecular complexity index is 974. The summed E-state index contributed by atoms with van der Waals surface area (Å²) in [5, 5.41) is 22.8. The molecular weight excluding hydrogens is 380 g/mol. The number of rotatable bonds is 9. The number of carboxylic acids is 1. The molecule has 1 heterocycles. The molecule has 0 aliphatic rings. The molecule has 6 nitrogen and oxygen atoms in total. The average molecular weight is 406 g/mol. The summed E-state index contributed by atoms with van der Waals surface area (Å²) in [5.74, 6) is -0.669. The Morgan fingerprint density at radius 2 is 1.87 bits per heavy atom. The summed E-state index contributed by atoms with van der Waals surface area (Å²) in [6.45, 7) is 2.54.